The monoisotopic (exact) mass is 414 g/mol. The van der Waals surface area contributed by atoms with Gasteiger partial charge in [0.1, 0.15) is 24.1 Å². The summed E-state index contributed by atoms with van der Waals surface area (Å²) < 4.78 is 9.87. The van der Waals surface area contributed by atoms with Crippen LogP contribution in [0.4, 0.5) is 5.82 Å². The molecule has 1 aliphatic rings. The Balaban J connectivity index is 1.39. The van der Waals surface area contributed by atoms with E-state index >= 15 is 0 Å². The normalized spacial score (nSPS) is 23.8. The van der Waals surface area contributed by atoms with Crippen molar-refractivity contribution in [2.45, 2.75) is 24.4 Å². The average molecular weight is 414 g/mol. The first-order chi connectivity index (χ1) is 15.1. The largest absolute Gasteiger partial charge is 0.388 e. The number of imidazole rings is 1. The number of nitrogens with two attached hydrogens (primary N) is 1. The highest BCUT2D eigenvalue weighted by molar-refractivity contribution is 6.41. The van der Waals surface area contributed by atoms with Crippen LogP contribution in [0.25, 0.3) is 33.0 Å². The van der Waals surface area contributed by atoms with Crippen LogP contribution in [0.2, 0.25) is 0 Å². The molecule has 0 bridgehead atoms. The number of rotatable bonds is 3. The lowest BCUT2D eigenvalue weighted by Gasteiger charge is -2.16. The van der Waals surface area contributed by atoms with Crippen LogP contribution in [-0.2, 0) is 4.74 Å². The Morgan fingerprint density at radius 1 is 0.903 bits per heavy atom. The minimum atomic E-state index is -1.15. The third-order valence-corrected chi connectivity index (χ3v) is 6.04. The minimum absolute atomic E-state index is 0.249. The van der Waals surface area contributed by atoms with Crippen molar-refractivity contribution >= 4 is 46.2 Å². The van der Waals surface area contributed by atoms with Crippen LogP contribution in [0.1, 0.15) is 6.23 Å². The zero-order chi connectivity index (χ0) is 21.1. The number of ether oxygens (including phenoxy) is 1. The summed E-state index contributed by atoms with van der Waals surface area (Å²) in [5, 5.41) is 23.9. The summed E-state index contributed by atoms with van der Waals surface area (Å²) in [6.07, 6.45) is -0.233. The first-order valence-corrected chi connectivity index (χ1v) is 10.0. The Bertz CT molecular complexity index is 1380. The summed E-state index contributed by atoms with van der Waals surface area (Å²) >= 11 is 0. The second-order valence-corrected chi connectivity index (χ2v) is 7.77. The lowest BCUT2D eigenvalue weighted by molar-refractivity contribution is -0.0206. The van der Waals surface area contributed by atoms with Crippen molar-refractivity contribution in [1.82, 2.24) is 24.0 Å². The zero-order valence-electron chi connectivity index (χ0n) is 16.4. The average Bonchev–Trinajstić information content (AvgIpc) is 3.44. The molecule has 154 valence electrons. The van der Waals surface area contributed by atoms with E-state index in [0.717, 1.165) is 21.8 Å². The summed E-state index contributed by atoms with van der Waals surface area (Å²) in [6.45, 7) is 0. The molecule has 10 heteroatoms. The van der Waals surface area contributed by atoms with Crippen molar-refractivity contribution in [1.29, 1.82) is 0 Å². The fraction of sp³-hybridized carbons (Fsp3) is 0.190. The number of hydrogen-bond donors (Lipinski definition) is 3. The Labute approximate surface area is 177 Å². The van der Waals surface area contributed by atoms with Crippen molar-refractivity contribution in [3.05, 3.63) is 61.2 Å². The molecule has 6 rings (SSSR count). The summed E-state index contributed by atoms with van der Waals surface area (Å²) in [4.78, 5) is 12.4. The third kappa shape index (κ3) is 2.66. The van der Waals surface area contributed by atoms with Gasteiger partial charge in [0.2, 0.25) is 0 Å². The van der Waals surface area contributed by atoms with Gasteiger partial charge in [-0.05, 0) is 12.1 Å². The molecular formula is C21H19BN6O3. The van der Waals surface area contributed by atoms with Gasteiger partial charge in [-0.25, -0.2) is 15.0 Å². The van der Waals surface area contributed by atoms with Gasteiger partial charge in [0, 0.05) is 21.8 Å². The quantitative estimate of drug-likeness (QED) is 0.376. The standard InChI is InChI=1S/C21H19BN6O3/c23-19-15-20(25-9-24-19)27(10-26-15)21-17(30)16(29)18(31-21)22-28-13-7-3-1-5-11(13)12-6-2-4-8-14(12)28/h1-10,16-18,21-22,29-30H,(H2,23,24,25). The Kier molecular flexibility index (Phi) is 4.00. The van der Waals surface area contributed by atoms with Crippen LogP contribution in [-0.4, -0.2) is 59.8 Å². The van der Waals surface area contributed by atoms with Crippen LogP contribution >= 0.6 is 0 Å². The maximum atomic E-state index is 10.8. The topological polar surface area (TPSA) is 124 Å². The molecule has 1 aliphatic heterocycles. The second kappa shape index (κ2) is 6.77. The fourth-order valence-corrected chi connectivity index (χ4v) is 4.55. The van der Waals surface area contributed by atoms with Gasteiger partial charge in [-0.3, -0.25) is 4.57 Å². The van der Waals surface area contributed by atoms with Gasteiger partial charge < -0.3 is 25.2 Å². The number of aliphatic hydroxyl groups excluding tert-OH is 2. The molecule has 31 heavy (non-hydrogen) atoms. The number of nitrogen functional groups attached to an aromatic ring is 1. The molecule has 5 aromatic rings. The Morgan fingerprint density at radius 3 is 2.29 bits per heavy atom. The number of anilines is 1. The smallest absolute Gasteiger partial charge is 0.276 e. The molecule has 0 amide bonds. The molecule has 1 fully saturated rings. The number of nitrogens with zero attached hydrogens (tertiary/aromatic N) is 5. The predicted octanol–water partition coefficient (Wildman–Crippen LogP) is 0.993. The first kappa shape index (κ1) is 18.3. The number of hydrogen-bond acceptors (Lipinski definition) is 7. The van der Waals surface area contributed by atoms with Gasteiger partial charge >= 0.3 is 0 Å². The fourth-order valence-electron chi connectivity index (χ4n) is 4.55. The zero-order valence-corrected chi connectivity index (χ0v) is 16.4. The summed E-state index contributed by atoms with van der Waals surface area (Å²) in [5.41, 5.74) is 8.84. The number of fused-ring (bicyclic) bond motifs is 4. The van der Waals surface area contributed by atoms with E-state index in [-0.39, 0.29) is 5.82 Å². The molecule has 4 heterocycles. The Hall–Kier alpha value is -3.47. The number of benzene rings is 2. The van der Waals surface area contributed by atoms with Crippen molar-refractivity contribution < 1.29 is 14.9 Å². The van der Waals surface area contributed by atoms with Crippen LogP contribution in [0.15, 0.2) is 61.2 Å². The molecule has 3 aromatic heterocycles. The number of aliphatic hydroxyl groups is 2. The number of aromatic nitrogens is 5. The Morgan fingerprint density at radius 2 is 1.58 bits per heavy atom. The van der Waals surface area contributed by atoms with Crippen LogP contribution < -0.4 is 5.73 Å². The minimum Gasteiger partial charge on any atom is -0.388 e. The van der Waals surface area contributed by atoms with Crippen molar-refractivity contribution in [2.75, 3.05) is 5.73 Å². The van der Waals surface area contributed by atoms with Crippen molar-refractivity contribution in [3.63, 3.8) is 0 Å². The highest BCUT2D eigenvalue weighted by atomic mass is 16.6. The van der Waals surface area contributed by atoms with E-state index in [1.54, 1.807) is 4.57 Å². The highest BCUT2D eigenvalue weighted by Crippen LogP contribution is 2.34. The summed E-state index contributed by atoms with van der Waals surface area (Å²) in [7, 11) is 0.381. The van der Waals surface area contributed by atoms with E-state index in [1.807, 2.05) is 36.4 Å². The highest BCUT2D eigenvalue weighted by Gasteiger charge is 2.45. The lowest BCUT2D eigenvalue weighted by atomic mass is 9.80. The van der Waals surface area contributed by atoms with Gasteiger partial charge in [0.25, 0.3) is 7.41 Å². The number of para-hydroxylation sites is 2. The third-order valence-electron chi connectivity index (χ3n) is 6.04. The molecule has 4 N–H and O–H groups in total. The molecular weight excluding hydrogens is 395 g/mol. The van der Waals surface area contributed by atoms with E-state index in [2.05, 4.69) is 31.6 Å². The van der Waals surface area contributed by atoms with Gasteiger partial charge in [0.05, 0.1) is 12.3 Å². The van der Waals surface area contributed by atoms with Gasteiger partial charge in [-0.1, -0.05) is 36.4 Å². The lowest BCUT2D eigenvalue weighted by Crippen LogP contribution is -2.37. The molecule has 0 aliphatic carbocycles. The van der Waals surface area contributed by atoms with Crippen LogP contribution in [0.3, 0.4) is 0 Å². The maximum Gasteiger partial charge on any atom is 0.276 e. The molecule has 2 aromatic carbocycles. The van der Waals surface area contributed by atoms with Gasteiger partial charge in [0.15, 0.2) is 17.7 Å². The van der Waals surface area contributed by atoms with Crippen LogP contribution in [0.5, 0.6) is 0 Å². The maximum absolute atomic E-state index is 10.8. The van der Waals surface area contributed by atoms with Crippen LogP contribution in [0, 0.1) is 0 Å². The molecule has 4 unspecified atom stereocenters. The molecule has 4 atom stereocenters. The molecule has 0 spiro atoms. The van der Waals surface area contributed by atoms with E-state index < -0.39 is 24.4 Å². The van der Waals surface area contributed by atoms with E-state index in [9.17, 15) is 10.2 Å². The van der Waals surface area contributed by atoms with E-state index in [4.69, 9.17) is 10.5 Å². The molecule has 0 saturated carbocycles. The molecule has 9 nitrogen and oxygen atoms in total. The van der Waals surface area contributed by atoms with Crippen molar-refractivity contribution in [2.24, 2.45) is 0 Å². The molecule has 0 radical (unpaired) electrons. The molecule has 1 saturated heterocycles. The second-order valence-electron chi connectivity index (χ2n) is 7.77. The van der Waals surface area contributed by atoms with Crippen molar-refractivity contribution in [3.8, 4) is 0 Å². The SMILES string of the molecule is Nc1ncnc2c1ncn2C1OC(Bn2c3ccccc3c3ccccc32)C(O)C1O. The van der Waals surface area contributed by atoms with E-state index in [1.165, 1.54) is 12.7 Å². The predicted molar refractivity (Wildman–Crippen MR) is 118 cm³/mol. The van der Waals surface area contributed by atoms with Gasteiger partial charge in [-0.2, -0.15) is 0 Å². The van der Waals surface area contributed by atoms with E-state index in [0.29, 0.717) is 18.6 Å². The summed E-state index contributed by atoms with van der Waals surface area (Å²) in [6, 6.07) is 15.6. The summed E-state index contributed by atoms with van der Waals surface area (Å²) in [5.74, 6) is 0.249. The first-order valence-electron chi connectivity index (χ1n) is 10.0. The van der Waals surface area contributed by atoms with Gasteiger partial charge in [-0.15, -0.1) is 0 Å².